The predicted octanol–water partition coefficient (Wildman–Crippen LogP) is 3.38. The topological polar surface area (TPSA) is 40.2 Å². The molecule has 1 saturated carbocycles. The lowest BCUT2D eigenvalue weighted by molar-refractivity contribution is 0.107. The van der Waals surface area contributed by atoms with Gasteiger partial charge in [0.2, 0.25) is 0 Å². The first-order valence-corrected chi connectivity index (χ1v) is 9.87. The molecule has 2 rings (SSSR count). The molecule has 0 bridgehead atoms. The minimum Gasteiger partial charge on any atom is -0.377 e. The number of epoxide rings is 1. The summed E-state index contributed by atoms with van der Waals surface area (Å²) in [6.07, 6.45) is 9.85. The Morgan fingerprint density at radius 1 is 1.10 bits per heavy atom. The van der Waals surface area contributed by atoms with Crippen LogP contribution in [0.25, 0.3) is 0 Å². The molecule has 0 spiro atoms. The van der Waals surface area contributed by atoms with E-state index in [1.54, 1.807) is 21.3 Å². The molecule has 0 N–H and O–H groups in total. The van der Waals surface area contributed by atoms with Crippen LogP contribution in [0.5, 0.6) is 0 Å². The van der Waals surface area contributed by atoms with Gasteiger partial charge in [0.25, 0.3) is 0 Å². The van der Waals surface area contributed by atoms with E-state index in [2.05, 4.69) is 6.92 Å². The molecule has 3 atom stereocenters. The molecule has 0 aromatic carbocycles. The molecule has 20 heavy (non-hydrogen) atoms. The molecule has 1 heterocycles. The molecule has 2 aliphatic rings. The van der Waals surface area contributed by atoms with E-state index in [4.69, 9.17) is 18.0 Å². The van der Waals surface area contributed by atoms with E-state index in [1.165, 1.54) is 38.5 Å². The highest BCUT2D eigenvalue weighted by molar-refractivity contribution is 6.60. The number of hydrogen-bond donors (Lipinski definition) is 0. The summed E-state index contributed by atoms with van der Waals surface area (Å²) in [6.45, 7) is 2.27. The first kappa shape index (κ1) is 16.4. The summed E-state index contributed by atoms with van der Waals surface area (Å²) in [5.74, 6) is 0. The normalized spacial score (nSPS) is 33.0. The van der Waals surface area contributed by atoms with Crippen molar-refractivity contribution in [2.45, 2.75) is 70.1 Å². The Morgan fingerprint density at radius 2 is 1.80 bits per heavy atom. The van der Waals surface area contributed by atoms with Crippen molar-refractivity contribution in [3.8, 4) is 0 Å². The SMILES string of the molecule is CCCCC1(CC[Si](OC)(OC)OC)CCC2OC2C1. The lowest BCUT2D eigenvalue weighted by Crippen LogP contribution is -2.44. The van der Waals surface area contributed by atoms with Crippen LogP contribution in [0.2, 0.25) is 6.04 Å². The summed E-state index contributed by atoms with van der Waals surface area (Å²) in [6, 6.07) is 0.914. The van der Waals surface area contributed by atoms with Crippen molar-refractivity contribution in [3.05, 3.63) is 0 Å². The maximum Gasteiger partial charge on any atom is 0.500 e. The first-order chi connectivity index (χ1) is 9.62. The molecule has 2 fully saturated rings. The van der Waals surface area contributed by atoms with Crippen LogP contribution in [-0.2, 0) is 18.0 Å². The third kappa shape index (κ3) is 3.63. The van der Waals surface area contributed by atoms with Crippen molar-refractivity contribution in [3.63, 3.8) is 0 Å². The average Bonchev–Trinajstić information content (AvgIpc) is 3.25. The van der Waals surface area contributed by atoms with Gasteiger partial charge in [-0.2, -0.15) is 0 Å². The first-order valence-electron chi connectivity index (χ1n) is 7.93. The van der Waals surface area contributed by atoms with E-state index in [0.717, 1.165) is 12.5 Å². The van der Waals surface area contributed by atoms with Gasteiger partial charge in [0.05, 0.1) is 12.2 Å². The number of hydrogen-bond acceptors (Lipinski definition) is 4. The van der Waals surface area contributed by atoms with Gasteiger partial charge in [-0.25, -0.2) is 0 Å². The molecule has 4 nitrogen and oxygen atoms in total. The molecule has 1 aliphatic carbocycles. The van der Waals surface area contributed by atoms with Gasteiger partial charge in [-0.1, -0.05) is 19.8 Å². The second kappa shape index (κ2) is 6.88. The molecule has 0 radical (unpaired) electrons. The fourth-order valence-corrected chi connectivity index (χ4v) is 5.64. The van der Waals surface area contributed by atoms with Gasteiger partial charge < -0.3 is 18.0 Å². The Hall–Kier alpha value is 0.0569. The Balaban J connectivity index is 1.96. The van der Waals surface area contributed by atoms with Crippen molar-refractivity contribution in [1.82, 2.24) is 0 Å². The van der Waals surface area contributed by atoms with Crippen LogP contribution in [-0.4, -0.2) is 42.3 Å². The van der Waals surface area contributed by atoms with Crippen molar-refractivity contribution in [1.29, 1.82) is 0 Å². The largest absolute Gasteiger partial charge is 0.500 e. The number of rotatable bonds is 9. The zero-order valence-electron chi connectivity index (χ0n) is 13.4. The Kier molecular flexibility index (Phi) is 5.65. The molecule has 118 valence electrons. The molecule has 0 aromatic rings. The Labute approximate surface area is 124 Å². The third-order valence-corrected chi connectivity index (χ3v) is 7.96. The highest BCUT2D eigenvalue weighted by Crippen LogP contribution is 2.52. The summed E-state index contributed by atoms with van der Waals surface area (Å²) < 4.78 is 22.5. The third-order valence-electron chi connectivity index (χ3n) is 5.24. The fraction of sp³-hybridized carbons (Fsp3) is 1.00. The van der Waals surface area contributed by atoms with E-state index in [1.807, 2.05) is 0 Å². The van der Waals surface area contributed by atoms with Crippen LogP contribution in [0.3, 0.4) is 0 Å². The zero-order valence-corrected chi connectivity index (χ0v) is 14.4. The average molecular weight is 302 g/mol. The van der Waals surface area contributed by atoms with Crippen molar-refractivity contribution in [2.75, 3.05) is 21.3 Å². The minimum atomic E-state index is -2.44. The summed E-state index contributed by atoms with van der Waals surface area (Å²) in [4.78, 5) is 0. The van der Waals surface area contributed by atoms with Gasteiger partial charge in [0.1, 0.15) is 0 Å². The molecule has 1 aliphatic heterocycles. The number of unbranched alkanes of at least 4 members (excludes halogenated alkanes) is 1. The predicted molar refractivity (Wildman–Crippen MR) is 80.7 cm³/mol. The molecule has 3 unspecified atom stereocenters. The highest BCUT2D eigenvalue weighted by atomic mass is 28.4. The van der Waals surface area contributed by atoms with Crippen molar-refractivity contribution < 1.29 is 18.0 Å². The van der Waals surface area contributed by atoms with Gasteiger partial charge >= 0.3 is 8.80 Å². The second-order valence-corrected chi connectivity index (χ2v) is 9.45. The van der Waals surface area contributed by atoms with Crippen LogP contribution in [0, 0.1) is 5.41 Å². The number of ether oxygens (including phenoxy) is 1. The zero-order chi connectivity index (χ0) is 14.6. The molecule has 0 aromatic heterocycles. The van der Waals surface area contributed by atoms with Gasteiger partial charge in [0, 0.05) is 27.4 Å². The van der Waals surface area contributed by atoms with Gasteiger partial charge in [-0.3, -0.25) is 0 Å². The van der Waals surface area contributed by atoms with E-state index in [9.17, 15) is 0 Å². The Morgan fingerprint density at radius 3 is 2.35 bits per heavy atom. The van der Waals surface area contributed by atoms with E-state index < -0.39 is 8.80 Å². The summed E-state index contributed by atoms with van der Waals surface area (Å²) >= 11 is 0. The maximum absolute atomic E-state index is 5.74. The molecule has 1 saturated heterocycles. The molecule has 0 amide bonds. The second-order valence-electron chi connectivity index (χ2n) is 6.35. The van der Waals surface area contributed by atoms with E-state index >= 15 is 0 Å². The van der Waals surface area contributed by atoms with Crippen molar-refractivity contribution in [2.24, 2.45) is 5.41 Å². The minimum absolute atomic E-state index is 0.418. The van der Waals surface area contributed by atoms with Crippen LogP contribution < -0.4 is 0 Å². The fourth-order valence-electron chi connectivity index (χ4n) is 3.70. The van der Waals surface area contributed by atoms with Crippen LogP contribution >= 0.6 is 0 Å². The van der Waals surface area contributed by atoms with E-state index in [-0.39, 0.29) is 0 Å². The summed E-state index contributed by atoms with van der Waals surface area (Å²) in [5, 5.41) is 0. The van der Waals surface area contributed by atoms with Crippen LogP contribution in [0.15, 0.2) is 0 Å². The molecule has 5 heteroatoms. The monoisotopic (exact) mass is 302 g/mol. The van der Waals surface area contributed by atoms with Gasteiger partial charge in [-0.05, 0) is 37.5 Å². The summed E-state index contributed by atoms with van der Waals surface area (Å²) in [5.41, 5.74) is 0.418. The quantitative estimate of drug-likeness (QED) is 0.483. The number of fused-ring (bicyclic) bond motifs is 1. The van der Waals surface area contributed by atoms with Crippen LogP contribution in [0.4, 0.5) is 0 Å². The summed E-state index contributed by atoms with van der Waals surface area (Å²) in [7, 11) is 2.68. The van der Waals surface area contributed by atoms with Crippen LogP contribution in [0.1, 0.15) is 51.9 Å². The van der Waals surface area contributed by atoms with Crippen molar-refractivity contribution >= 4 is 8.80 Å². The van der Waals surface area contributed by atoms with Gasteiger partial charge in [-0.15, -0.1) is 0 Å². The van der Waals surface area contributed by atoms with Gasteiger partial charge in [0.15, 0.2) is 0 Å². The highest BCUT2D eigenvalue weighted by Gasteiger charge is 2.51. The lowest BCUT2D eigenvalue weighted by Gasteiger charge is -2.38. The Bertz CT molecular complexity index is 300. The van der Waals surface area contributed by atoms with E-state index in [0.29, 0.717) is 17.6 Å². The molecular weight excluding hydrogens is 272 g/mol. The lowest BCUT2D eigenvalue weighted by atomic mass is 9.69. The standard InChI is InChI=1S/C15H30O4Si/c1-5-6-8-15(9-7-13-14(12-15)19-13)10-11-20(16-2,17-3)18-4/h13-14H,5-12H2,1-4H3. The smallest absolute Gasteiger partial charge is 0.377 e. The maximum atomic E-state index is 5.74. The molecular formula is C15H30O4Si.